The van der Waals surface area contributed by atoms with Gasteiger partial charge in [-0.1, -0.05) is 29.8 Å². The number of halogens is 2. The van der Waals surface area contributed by atoms with Crippen LogP contribution in [-0.2, 0) is 0 Å². The van der Waals surface area contributed by atoms with Crippen LogP contribution in [-0.4, -0.2) is 11.6 Å². The van der Waals surface area contributed by atoms with Crippen molar-refractivity contribution in [3.8, 4) is 0 Å². The van der Waals surface area contributed by atoms with Crippen LogP contribution in [0.1, 0.15) is 22.0 Å². The Morgan fingerprint density at radius 2 is 2.14 bits per heavy atom. The average Bonchev–Trinajstić information content (AvgIpc) is 2.79. The summed E-state index contributed by atoms with van der Waals surface area (Å²) in [6.45, 7) is 3.93. The first-order chi connectivity index (χ1) is 10.6. The van der Waals surface area contributed by atoms with Gasteiger partial charge in [0.25, 0.3) is 0 Å². The summed E-state index contributed by atoms with van der Waals surface area (Å²) in [4.78, 5) is 19.2. The van der Waals surface area contributed by atoms with E-state index >= 15 is 0 Å². The summed E-state index contributed by atoms with van der Waals surface area (Å²) in [5, 5.41) is 0.600. The van der Waals surface area contributed by atoms with Crippen molar-refractivity contribution in [2.75, 3.05) is 4.90 Å². The normalized spacial score (nSPS) is 18.5. The number of ketones is 1. The molecule has 1 atom stereocenters. The van der Waals surface area contributed by atoms with E-state index in [1.54, 1.807) is 6.07 Å². The lowest BCUT2D eigenvalue weighted by Gasteiger charge is -2.32. The molecule has 0 aliphatic carbocycles. The molecule has 0 saturated carbocycles. The summed E-state index contributed by atoms with van der Waals surface area (Å²) in [6.07, 6.45) is 1.82. The summed E-state index contributed by atoms with van der Waals surface area (Å²) in [5.41, 5.74) is 3.21. The van der Waals surface area contributed by atoms with Crippen LogP contribution >= 0.6 is 27.5 Å². The quantitative estimate of drug-likeness (QED) is 0.653. The van der Waals surface area contributed by atoms with Gasteiger partial charge in [0, 0.05) is 15.1 Å². The van der Waals surface area contributed by atoms with Gasteiger partial charge in [0.05, 0.1) is 23.0 Å². The van der Waals surface area contributed by atoms with Crippen molar-refractivity contribution in [1.82, 2.24) is 0 Å². The molecule has 2 aliphatic heterocycles. The van der Waals surface area contributed by atoms with Gasteiger partial charge in [-0.2, -0.15) is 0 Å². The molecule has 5 heteroatoms. The van der Waals surface area contributed by atoms with Crippen LogP contribution in [0.15, 0.2) is 58.5 Å². The fraction of sp³-hybridized carbons (Fsp3) is 0.0588. The molecular weight excluding hydrogens is 364 g/mol. The first-order valence-corrected chi connectivity index (χ1v) is 7.92. The second-order valence-corrected chi connectivity index (χ2v) is 6.44. The Morgan fingerprint density at radius 3 is 2.91 bits per heavy atom. The fourth-order valence-electron chi connectivity index (χ4n) is 3.01. The SMILES string of the molecule is C=C[C@H]1c2ccc(Cl)cc2N=C2C(=O)c3c(Br)cccc3N21. The van der Waals surface area contributed by atoms with Gasteiger partial charge in [-0.25, -0.2) is 4.99 Å². The number of rotatable bonds is 1. The van der Waals surface area contributed by atoms with Gasteiger partial charge < -0.3 is 4.90 Å². The van der Waals surface area contributed by atoms with Crippen molar-refractivity contribution in [2.24, 2.45) is 4.99 Å². The molecule has 2 heterocycles. The molecule has 2 aliphatic rings. The summed E-state index contributed by atoms with van der Waals surface area (Å²) < 4.78 is 0.775. The largest absolute Gasteiger partial charge is 0.311 e. The van der Waals surface area contributed by atoms with E-state index in [1.807, 2.05) is 41.3 Å². The lowest BCUT2D eigenvalue weighted by Crippen LogP contribution is -2.35. The number of benzene rings is 2. The number of anilines is 1. The monoisotopic (exact) mass is 372 g/mol. The molecule has 0 spiro atoms. The van der Waals surface area contributed by atoms with E-state index in [4.69, 9.17) is 11.6 Å². The van der Waals surface area contributed by atoms with Gasteiger partial charge in [-0.15, -0.1) is 6.58 Å². The summed E-state index contributed by atoms with van der Waals surface area (Å²) >= 11 is 9.52. The number of carbonyl (C=O) groups is 1. The van der Waals surface area contributed by atoms with Crippen LogP contribution in [0.25, 0.3) is 0 Å². The lowest BCUT2D eigenvalue weighted by atomic mass is 10.0. The minimum absolute atomic E-state index is 0.0834. The Bertz CT molecular complexity index is 875. The number of aliphatic imine (C=N–C) groups is 1. The van der Waals surface area contributed by atoms with Gasteiger partial charge in [0.1, 0.15) is 0 Å². The molecule has 2 aromatic carbocycles. The first-order valence-electron chi connectivity index (χ1n) is 6.75. The van der Waals surface area contributed by atoms with Crippen molar-refractivity contribution in [3.05, 3.63) is 69.7 Å². The third kappa shape index (κ3) is 1.74. The number of hydrogen-bond acceptors (Lipinski definition) is 3. The Balaban J connectivity index is 2.02. The summed E-state index contributed by atoms with van der Waals surface area (Å²) in [6, 6.07) is 11.1. The zero-order valence-corrected chi connectivity index (χ0v) is 13.7. The molecular formula is C17H10BrClN2O. The maximum absolute atomic E-state index is 12.7. The number of amidine groups is 1. The van der Waals surface area contributed by atoms with Crippen LogP contribution in [0, 0.1) is 0 Å². The lowest BCUT2D eigenvalue weighted by molar-refractivity contribution is 0.106. The highest BCUT2D eigenvalue weighted by Gasteiger charge is 2.41. The molecule has 2 aromatic rings. The van der Waals surface area contributed by atoms with Crippen molar-refractivity contribution in [2.45, 2.75) is 6.04 Å². The third-order valence-electron chi connectivity index (χ3n) is 3.95. The molecule has 0 N–H and O–H groups in total. The molecule has 0 saturated heterocycles. The molecule has 0 fully saturated rings. The summed E-state index contributed by atoms with van der Waals surface area (Å²) in [5.74, 6) is 0.335. The third-order valence-corrected chi connectivity index (χ3v) is 4.84. The predicted octanol–water partition coefficient (Wildman–Crippen LogP) is 5.08. The van der Waals surface area contributed by atoms with Crippen molar-refractivity contribution in [3.63, 3.8) is 0 Å². The number of fused-ring (bicyclic) bond motifs is 4. The zero-order chi connectivity index (χ0) is 15.4. The van der Waals surface area contributed by atoms with Crippen LogP contribution in [0.2, 0.25) is 5.02 Å². The Morgan fingerprint density at radius 1 is 1.32 bits per heavy atom. The molecule has 0 unspecified atom stereocenters. The average molecular weight is 374 g/mol. The van der Waals surface area contributed by atoms with E-state index in [9.17, 15) is 4.79 Å². The number of nitrogens with zero attached hydrogens (tertiary/aromatic N) is 2. The number of hydrogen-bond donors (Lipinski definition) is 0. The molecule has 22 heavy (non-hydrogen) atoms. The van der Waals surface area contributed by atoms with E-state index in [0.717, 1.165) is 21.4 Å². The van der Waals surface area contributed by atoms with E-state index in [-0.39, 0.29) is 11.8 Å². The minimum Gasteiger partial charge on any atom is -0.311 e. The second-order valence-electron chi connectivity index (χ2n) is 5.15. The van der Waals surface area contributed by atoms with Gasteiger partial charge in [-0.3, -0.25) is 4.79 Å². The first kappa shape index (κ1) is 13.7. The predicted molar refractivity (Wildman–Crippen MR) is 92.4 cm³/mol. The van der Waals surface area contributed by atoms with Crippen molar-refractivity contribution >= 4 is 50.5 Å². The highest BCUT2D eigenvalue weighted by atomic mass is 79.9. The van der Waals surface area contributed by atoms with Crippen LogP contribution in [0.3, 0.4) is 0 Å². The van der Waals surface area contributed by atoms with E-state index in [0.29, 0.717) is 16.4 Å². The Kier molecular flexibility index (Phi) is 2.99. The van der Waals surface area contributed by atoms with E-state index < -0.39 is 0 Å². The van der Waals surface area contributed by atoms with Crippen LogP contribution in [0.5, 0.6) is 0 Å². The van der Waals surface area contributed by atoms with E-state index in [1.165, 1.54) is 0 Å². The number of carbonyl (C=O) groups excluding carboxylic acids is 1. The number of Topliss-reactive ketones (excluding diaryl/α,β-unsaturated/α-hetero) is 1. The zero-order valence-electron chi connectivity index (χ0n) is 11.4. The van der Waals surface area contributed by atoms with Gasteiger partial charge in [0.15, 0.2) is 5.84 Å². The molecule has 108 valence electrons. The Labute approximate surface area is 141 Å². The molecule has 0 aromatic heterocycles. The smallest absolute Gasteiger partial charge is 0.231 e. The van der Waals surface area contributed by atoms with E-state index in [2.05, 4.69) is 27.5 Å². The molecule has 0 radical (unpaired) electrons. The van der Waals surface area contributed by atoms with Crippen molar-refractivity contribution in [1.29, 1.82) is 0 Å². The maximum atomic E-state index is 12.7. The Hall–Kier alpha value is -1.91. The standard InChI is InChI=1S/C17H10BrClN2O/c1-2-13-10-7-6-9(19)8-12(10)20-17-16(22)15-11(18)4-3-5-14(15)21(13)17/h2-8,13H,1H2/t13-/m0/s1. The minimum atomic E-state index is -0.140. The van der Waals surface area contributed by atoms with Crippen LogP contribution in [0.4, 0.5) is 11.4 Å². The second kappa shape index (κ2) is 4.80. The highest BCUT2D eigenvalue weighted by Crippen LogP contribution is 2.46. The summed E-state index contributed by atoms with van der Waals surface area (Å²) in [7, 11) is 0. The topological polar surface area (TPSA) is 32.7 Å². The fourth-order valence-corrected chi connectivity index (χ4v) is 3.71. The van der Waals surface area contributed by atoms with Crippen LogP contribution < -0.4 is 4.90 Å². The highest BCUT2D eigenvalue weighted by molar-refractivity contribution is 9.10. The van der Waals surface area contributed by atoms with Gasteiger partial charge >= 0.3 is 0 Å². The maximum Gasteiger partial charge on any atom is 0.231 e. The van der Waals surface area contributed by atoms with Gasteiger partial charge in [0.2, 0.25) is 5.78 Å². The molecule has 4 rings (SSSR count). The molecule has 0 bridgehead atoms. The van der Waals surface area contributed by atoms with Crippen molar-refractivity contribution < 1.29 is 4.79 Å². The molecule has 0 amide bonds. The molecule has 3 nitrogen and oxygen atoms in total. The van der Waals surface area contributed by atoms with Gasteiger partial charge in [-0.05, 0) is 40.2 Å².